The normalized spacial score (nSPS) is 12.3. The van der Waals surface area contributed by atoms with Crippen LogP contribution in [0.4, 0.5) is 0 Å². The second kappa shape index (κ2) is 11.3. The summed E-state index contributed by atoms with van der Waals surface area (Å²) in [5.41, 5.74) is 2.76. The molecule has 0 fully saturated rings. The maximum atomic E-state index is 12.7. The number of H-pyrrole nitrogens is 1. The van der Waals surface area contributed by atoms with Gasteiger partial charge in [-0.3, -0.25) is 4.79 Å². The van der Waals surface area contributed by atoms with Crippen molar-refractivity contribution < 1.29 is 0 Å². The van der Waals surface area contributed by atoms with Gasteiger partial charge in [-0.2, -0.15) is 0 Å². The maximum Gasteiger partial charge on any atom is 0.253 e. The van der Waals surface area contributed by atoms with Gasteiger partial charge in [0.25, 0.3) is 5.56 Å². The van der Waals surface area contributed by atoms with Crippen molar-refractivity contribution in [1.29, 1.82) is 0 Å². The van der Waals surface area contributed by atoms with E-state index in [0.717, 1.165) is 60.6 Å². The zero-order valence-electron chi connectivity index (χ0n) is 18.5. The molecule has 29 heavy (non-hydrogen) atoms. The highest BCUT2D eigenvalue weighted by Gasteiger charge is 2.15. The first-order valence-corrected chi connectivity index (χ1v) is 11.2. The molecule has 6 heteroatoms. The number of benzene rings is 1. The second-order valence-electron chi connectivity index (χ2n) is 7.78. The van der Waals surface area contributed by atoms with Crippen LogP contribution in [-0.2, 0) is 6.54 Å². The molecule has 0 spiro atoms. The molecule has 0 aliphatic rings. The van der Waals surface area contributed by atoms with Crippen molar-refractivity contribution >= 4 is 28.2 Å². The van der Waals surface area contributed by atoms with E-state index in [4.69, 9.17) is 12.2 Å². The smallest absolute Gasteiger partial charge is 0.253 e. The van der Waals surface area contributed by atoms with E-state index < -0.39 is 0 Å². The molecule has 0 aliphatic carbocycles. The van der Waals surface area contributed by atoms with Crippen molar-refractivity contribution in [3.8, 4) is 0 Å². The topological polar surface area (TPSA) is 51.4 Å². The average Bonchev–Trinajstić information content (AvgIpc) is 2.70. The molecular weight excluding hydrogens is 380 g/mol. The van der Waals surface area contributed by atoms with Crippen LogP contribution in [0.5, 0.6) is 0 Å². The van der Waals surface area contributed by atoms with E-state index in [1.165, 1.54) is 5.56 Å². The highest BCUT2D eigenvalue weighted by atomic mass is 32.1. The molecule has 160 valence electrons. The summed E-state index contributed by atoms with van der Waals surface area (Å²) in [7, 11) is 0. The van der Waals surface area contributed by atoms with Crippen LogP contribution in [0.2, 0.25) is 0 Å². The molecule has 2 N–H and O–H groups in total. The van der Waals surface area contributed by atoms with Gasteiger partial charge in [-0.15, -0.1) is 0 Å². The molecule has 1 heterocycles. The van der Waals surface area contributed by atoms with E-state index in [-0.39, 0.29) is 5.56 Å². The Bertz CT molecular complexity index is 860. The highest BCUT2D eigenvalue weighted by molar-refractivity contribution is 7.80. The molecule has 0 amide bonds. The van der Waals surface area contributed by atoms with Crippen molar-refractivity contribution in [2.24, 2.45) is 0 Å². The molecule has 2 rings (SSSR count). The first-order chi connectivity index (χ1) is 13.9. The van der Waals surface area contributed by atoms with E-state index in [1.54, 1.807) is 0 Å². The number of nitrogens with one attached hydrogen (secondary N) is 2. The van der Waals surface area contributed by atoms with E-state index in [9.17, 15) is 4.79 Å². The standard InChI is InChI=1S/C23H36N4OS/c1-6-18(5)24-23(29)27(13-9-12-26(7-2)8-3)16-20-15-19-14-17(4)10-11-21(19)25-22(20)28/h10-11,14-15,18H,6-9,12-13,16H2,1-5H3,(H,24,29)(H,25,28)/t18-/m0/s1. The number of rotatable bonds is 10. The lowest BCUT2D eigenvalue weighted by molar-refractivity contribution is 0.278. The van der Waals surface area contributed by atoms with Gasteiger partial charge in [0.2, 0.25) is 0 Å². The second-order valence-corrected chi connectivity index (χ2v) is 8.16. The summed E-state index contributed by atoms with van der Waals surface area (Å²) in [6, 6.07) is 8.40. The summed E-state index contributed by atoms with van der Waals surface area (Å²) in [4.78, 5) is 20.2. The summed E-state index contributed by atoms with van der Waals surface area (Å²) < 4.78 is 0. The third kappa shape index (κ3) is 6.82. The summed E-state index contributed by atoms with van der Waals surface area (Å²) >= 11 is 5.70. The Morgan fingerprint density at radius 1 is 1.17 bits per heavy atom. The van der Waals surface area contributed by atoms with Gasteiger partial charge in [-0.05, 0) is 82.1 Å². The molecule has 1 aromatic heterocycles. The third-order valence-corrected chi connectivity index (χ3v) is 5.88. The van der Waals surface area contributed by atoms with Gasteiger partial charge >= 0.3 is 0 Å². The number of nitrogens with zero attached hydrogens (tertiary/aromatic N) is 2. The lowest BCUT2D eigenvalue weighted by atomic mass is 10.1. The molecule has 1 aromatic carbocycles. The molecule has 2 aromatic rings. The lowest BCUT2D eigenvalue weighted by Crippen LogP contribution is -2.44. The number of hydrogen-bond acceptors (Lipinski definition) is 3. The van der Waals surface area contributed by atoms with Crippen LogP contribution < -0.4 is 10.9 Å². The molecule has 0 bridgehead atoms. The van der Waals surface area contributed by atoms with Gasteiger partial charge < -0.3 is 20.1 Å². The number of aromatic amines is 1. The van der Waals surface area contributed by atoms with Crippen molar-refractivity contribution in [3.05, 3.63) is 45.7 Å². The molecule has 0 unspecified atom stereocenters. The average molecular weight is 417 g/mol. The van der Waals surface area contributed by atoms with E-state index in [1.807, 2.05) is 18.2 Å². The number of hydrogen-bond donors (Lipinski definition) is 2. The van der Waals surface area contributed by atoms with Crippen molar-refractivity contribution in [3.63, 3.8) is 0 Å². The third-order valence-electron chi connectivity index (χ3n) is 5.50. The minimum Gasteiger partial charge on any atom is -0.360 e. The van der Waals surface area contributed by atoms with Gasteiger partial charge in [-0.1, -0.05) is 32.4 Å². The molecule has 0 radical (unpaired) electrons. The molecule has 0 saturated heterocycles. The summed E-state index contributed by atoms with van der Waals surface area (Å²) in [6.07, 6.45) is 2.01. The molecular formula is C23H36N4OS. The number of aromatic nitrogens is 1. The molecule has 1 atom stereocenters. The summed E-state index contributed by atoms with van der Waals surface area (Å²) in [5.74, 6) is 0. The number of fused-ring (bicyclic) bond motifs is 1. The maximum absolute atomic E-state index is 12.7. The fourth-order valence-corrected chi connectivity index (χ4v) is 3.73. The first kappa shape index (κ1) is 23.4. The lowest BCUT2D eigenvalue weighted by Gasteiger charge is -2.29. The Balaban J connectivity index is 2.21. The quantitative estimate of drug-likeness (QED) is 0.573. The minimum absolute atomic E-state index is 0.0403. The van der Waals surface area contributed by atoms with Crippen LogP contribution in [0.1, 0.15) is 51.7 Å². The van der Waals surface area contributed by atoms with E-state index >= 15 is 0 Å². The van der Waals surface area contributed by atoms with Gasteiger partial charge in [0.1, 0.15) is 0 Å². The number of thiocarbonyl (C=S) groups is 1. The van der Waals surface area contributed by atoms with E-state index in [2.05, 4.69) is 60.8 Å². The highest BCUT2D eigenvalue weighted by Crippen LogP contribution is 2.14. The van der Waals surface area contributed by atoms with Gasteiger partial charge in [0, 0.05) is 23.7 Å². The molecule has 5 nitrogen and oxygen atoms in total. The number of aryl methyl sites for hydroxylation is 1. The monoisotopic (exact) mass is 416 g/mol. The predicted molar refractivity (Wildman–Crippen MR) is 128 cm³/mol. The van der Waals surface area contributed by atoms with Crippen molar-refractivity contribution in [1.82, 2.24) is 20.1 Å². The Morgan fingerprint density at radius 2 is 1.90 bits per heavy atom. The zero-order valence-corrected chi connectivity index (χ0v) is 19.4. The van der Waals surface area contributed by atoms with Gasteiger partial charge in [0.05, 0.1) is 6.54 Å². The minimum atomic E-state index is -0.0403. The number of pyridine rings is 1. The fourth-order valence-electron chi connectivity index (χ4n) is 3.38. The van der Waals surface area contributed by atoms with Crippen molar-refractivity contribution in [2.75, 3.05) is 26.2 Å². The van der Waals surface area contributed by atoms with Crippen LogP contribution >= 0.6 is 12.2 Å². The molecule has 0 saturated carbocycles. The fraction of sp³-hybridized carbons (Fsp3) is 0.565. The van der Waals surface area contributed by atoms with Crippen LogP contribution in [0.3, 0.4) is 0 Å². The Morgan fingerprint density at radius 3 is 2.55 bits per heavy atom. The Hall–Kier alpha value is -1.92. The van der Waals surface area contributed by atoms with Crippen LogP contribution in [0, 0.1) is 6.92 Å². The zero-order chi connectivity index (χ0) is 21.4. The van der Waals surface area contributed by atoms with Crippen LogP contribution in [0.25, 0.3) is 10.9 Å². The predicted octanol–water partition coefficient (Wildman–Crippen LogP) is 4.04. The Labute approximate surface area is 180 Å². The SMILES string of the molecule is CC[C@H](C)NC(=S)N(CCCN(CC)CC)Cc1cc2cc(C)ccc2[nH]c1=O. The van der Waals surface area contributed by atoms with Gasteiger partial charge in [-0.25, -0.2) is 0 Å². The summed E-state index contributed by atoms with van der Waals surface area (Å²) in [5, 5.41) is 5.20. The first-order valence-electron chi connectivity index (χ1n) is 10.8. The van der Waals surface area contributed by atoms with Crippen molar-refractivity contribution in [2.45, 2.75) is 60.0 Å². The molecule has 0 aliphatic heterocycles. The largest absolute Gasteiger partial charge is 0.360 e. The Kier molecular flexibility index (Phi) is 9.11. The summed E-state index contributed by atoms with van der Waals surface area (Å²) in [6.45, 7) is 15.2. The van der Waals surface area contributed by atoms with Crippen LogP contribution in [-0.4, -0.2) is 52.1 Å². The van der Waals surface area contributed by atoms with Gasteiger partial charge in [0.15, 0.2) is 5.11 Å². The van der Waals surface area contributed by atoms with Crippen LogP contribution in [0.15, 0.2) is 29.1 Å². The van der Waals surface area contributed by atoms with E-state index in [0.29, 0.717) is 12.6 Å².